The first-order valence-electron chi connectivity index (χ1n) is 4.83. The van der Waals surface area contributed by atoms with Crippen LogP contribution in [-0.4, -0.2) is 29.6 Å². The molecule has 0 saturated heterocycles. The Morgan fingerprint density at radius 1 is 1.60 bits per heavy atom. The van der Waals surface area contributed by atoms with Crippen LogP contribution in [0.25, 0.3) is 0 Å². The van der Waals surface area contributed by atoms with E-state index >= 15 is 0 Å². The number of anilines is 1. The summed E-state index contributed by atoms with van der Waals surface area (Å²) >= 11 is 0. The minimum atomic E-state index is -0.0977. The van der Waals surface area contributed by atoms with Crippen molar-refractivity contribution >= 4 is 5.82 Å². The van der Waals surface area contributed by atoms with Crippen molar-refractivity contribution < 1.29 is 14.5 Å². The van der Waals surface area contributed by atoms with Crippen molar-refractivity contribution in [2.24, 2.45) is 0 Å². The SMILES string of the molecule is COC1C=C[C@@H](N(O)c2cc(C)on2)C1. The normalized spacial score (nSPS) is 24.7. The molecule has 5 heteroatoms. The summed E-state index contributed by atoms with van der Waals surface area (Å²) in [6.07, 6.45) is 4.62. The van der Waals surface area contributed by atoms with E-state index in [1.165, 1.54) is 0 Å². The van der Waals surface area contributed by atoms with Gasteiger partial charge in [-0.1, -0.05) is 17.3 Å². The van der Waals surface area contributed by atoms with Crippen molar-refractivity contribution in [3.63, 3.8) is 0 Å². The van der Waals surface area contributed by atoms with Gasteiger partial charge < -0.3 is 9.26 Å². The summed E-state index contributed by atoms with van der Waals surface area (Å²) in [5.74, 6) is 1.10. The van der Waals surface area contributed by atoms with Gasteiger partial charge in [-0.25, -0.2) is 5.06 Å². The summed E-state index contributed by atoms with van der Waals surface area (Å²) in [4.78, 5) is 0. The van der Waals surface area contributed by atoms with E-state index in [0.717, 1.165) is 11.5 Å². The Morgan fingerprint density at radius 2 is 2.40 bits per heavy atom. The number of hydrogen-bond acceptors (Lipinski definition) is 5. The van der Waals surface area contributed by atoms with Crippen molar-refractivity contribution in [2.75, 3.05) is 12.2 Å². The van der Waals surface area contributed by atoms with E-state index in [2.05, 4.69) is 5.16 Å². The van der Waals surface area contributed by atoms with Crippen LogP contribution in [-0.2, 0) is 4.74 Å². The predicted molar refractivity (Wildman–Crippen MR) is 53.8 cm³/mol. The maximum Gasteiger partial charge on any atom is 0.196 e. The maximum absolute atomic E-state index is 9.85. The van der Waals surface area contributed by atoms with Crippen LogP contribution in [0.2, 0.25) is 0 Å². The zero-order chi connectivity index (χ0) is 10.8. The average Bonchev–Trinajstić information content (AvgIpc) is 2.84. The highest BCUT2D eigenvalue weighted by Gasteiger charge is 2.25. The fraction of sp³-hybridized carbons (Fsp3) is 0.500. The summed E-state index contributed by atoms with van der Waals surface area (Å²) in [6.45, 7) is 1.78. The van der Waals surface area contributed by atoms with Gasteiger partial charge in [0.05, 0.1) is 12.1 Å². The standard InChI is InChI=1S/C10H14N2O3/c1-7-5-10(11-15-7)12(13)8-3-4-9(6-8)14-2/h3-5,8-9,13H,6H2,1-2H3/t8-,9?/m1/s1. The summed E-state index contributed by atoms with van der Waals surface area (Å²) < 4.78 is 10.1. The van der Waals surface area contributed by atoms with Crippen LogP contribution in [0.3, 0.4) is 0 Å². The van der Waals surface area contributed by atoms with Gasteiger partial charge in [0.25, 0.3) is 0 Å². The number of ether oxygens (including phenoxy) is 1. The van der Waals surface area contributed by atoms with E-state index in [-0.39, 0.29) is 12.1 Å². The number of hydrogen-bond donors (Lipinski definition) is 1. The molecule has 0 radical (unpaired) electrons. The molecule has 0 spiro atoms. The molecule has 0 amide bonds. The van der Waals surface area contributed by atoms with Crippen LogP contribution in [0.4, 0.5) is 5.82 Å². The second kappa shape index (κ2) is 4.04. The first-order chi connectivity index (χ1) is 7.20. The lowest BCUT2D eigenvalue weighted by Crippen LogP contribution is -2.30. The van der Waals surface area contributed by atoms with Gasteiger partial charge in [-0.05, 0) is 6.92 Å². The lowest BCUT2D eigenvalue weighted by Gasteiger charge is -2.20. The molecule has 0 fully saturated rings. The second-order valence-electron chi connectivity index (χ2n) is 3.60. The first-order valence-corrected chi connectivity index (χ1v) is 4.83. The molecule has 82 valence electrons. The Labute approximate surface area is 87.9 Å². The molecule has 1 aromatic heterocycles. The third kappa shape index (κ3) is 2.03. The summed E-state index contributed by atoms with van der Waals surface area (Å²) in [7, 11) is 1.65. The van der Waals surface area contributed by atoms with E-state index in [9.17, 15) is 5.21 Å². The van der Waals surface area contributed by atoms with Gasteiger partial charge in [-0.15, -0.1) is 0 Å². The topological polar surface area (TPSA) is 58.7 Å². The van der Waals surface area contributed by atoms with Crippen LogP contribution in [0.5, 0.6) is 0 Å². The number of nitrogens with zero attached hydrogens (tertiary/aromatic N) is 2. The molecule has 1 heterocycles. The summed E-state index contributed by atoms with van der Waals surface area (Å²) in [6, 6.07) is 1.59. The minimum Gasteiger partial charge on any atom is -0.377 e. The molecule has 0 aromatic carbocycles. The molecule has 2 atom stereocenters. The summed E-state index contributed by atoms with van der Waals surface area (Å²) in [5.41, 5.74) is 0. The van der Waals surface area contributed by atoms with Crippen molar-refractivity contribution in [2.45, 2.75) is 25.5 Å². The van der Waals surface area contributed by atoms with Crippen LogP contribution in [0.1, 0.15) is 12.2 Å². The van der Waals surface area contributed by atoms with E-state index in [4.69, 9.17) is 9.26 Å². The predicted octanol–water partition coefficient (Wildman–Crippen LogP) is 1.52. The first kappa shape index (κ1) is 10.2. The molecule has 15 heavy (non-hydrogen) atoms. The van der Waals surface area contributed by atoms with Gasteiger partial charge >= 0.3 is 0 Å². The van der Waals surface area contributed by atoms with E-state index in [1.54, 1.807) is 20.1 Å². The number of rotatable bonds is 3. The van der Waals surface area contributed by atoms with Crippen LogP contribution < -0.4 is 5.06 Å². The lowest BCUT2D eigenvalue weighted by atomic mass is 10.2. The van der Waals surface area contributed by atoms with Gasteiger partial charge in [-0.2, -0.15) is 0 Å². The van der Waals surface area contributed by atoms with Gasteiger partial charge in [-0.3, -0.25) is 5.21 Å². The zero-order valence-electron chi connectivity index (χ0n) is 8.75. The number of aromatic nitrogens is 1. The monoisotopic (exact) mass is 210 g/mol. The highest BCUT2D eigenvalue weighted by molar-refractivity contribution is 5.38. The quantitative estimate of drug-likeness (QED) is 0.605. The molecule has 0 aliphatic heterocycles. The van der Waals surface area contributed by atoms with Crippen molar-refractivity contribution in [3.05, 3.63) is 24.0 Å². The molecule has 5 nitrogen and oxygen atoms in total. The molecule has 0 bridgehead atoms. The molecule has 0 saturated carbocycles. The number of aryl methyl sites for hydroxylation is 1. The Hall–Kier alpha value is -1.33. The number of hydroxylamine groups is 1. The maximum atomic E-state index is 9.85. The molecule has 1 unspecified atom stereocenters. The molecule has 1 N–H and O–H groups in total. The molecule has 1 aliphatic carbocycles. The minimum absolute atomic E-state index is 0.0673. The number of methoxy groups -OCH3 is 1. The van der Waals surface area contributed by atoms with Crippen LogP contribution in [0, 0.1) is 6.92 Å². The third-order valence-electron chi connectivity index (χ3n) is 2.49. The Bertz CT molecular complexity index is 361. The lowest BCUT2D eigenvalue weighted by molar-refractivity contribution is 0.125. The van der Waals surface area contributed by atoms with E-state index < -0.39 is 0 Å². The largest absolute Gasteiger partial charge is 0.377 e. The Morgan fingerprint density at radius 3 is 2.93 bits per heavy atom. The second-order valence-corrected chi connectivity index (χ2v) is 3.60. The highest BCUT2D eigenvalue weighted by atomic mass is 16.5. The molecular weight excluding hydrogens is 196 g/mol. The molecule has 1 aromatic rings. The molecular formula is C10H14N2O3. The van der Waals surface area contributed by atoms with Gasteiger partial charge in [0.15, 0.2) is 5.82 Å². The fourth-order valence-electron chi connectivity index (χ4n) is 1.63. The summed E-state index contributed by atoms with van der Waals surface area (Å²) in [5, 5.41) is 14.7. The van der Waals surface area contributed by atoms with Gasteiger partial charge in [0, 0.05) is 19.6 Å². The fourth-order valence-corrected chi connectivity index (χ4v) is 1.63. The van der Waals surface area contributed by atoms with Crippen LogP contribution in [0.15, 0.2) is 22.7 Å². The Balaban J connectivity index is 2.04. The molecule has 1 aliphatic rings. The van der Waals surface area contributed by atoms with Crippen molar-refractivity contribution in [1.29, 1.82) is 0 Å². The smallest absolute Gasteiger partial charge is 0.196 e. The highest BCUT2D eigenvalue weighted by Crippen LogP contribution is 2.22. The third-order valence-corrected chi connectivity index (χ3v) is 2.49. The zero-order valence-corrected chi connectivity index (χ0v) is 8.75. The molecule has 2 rings (SSSR count). The van der Waals surface area contributed by atoms with Crippen molar-refractivity contribution in [1.82, 2.24) is 5.16 Å². The Kier molecular flexibility index (Phi) is 2.75. The van der Waals surface area contributed by atoms with E-state index in [1.807, 2.05) is 12.2 Å². The average molecular weight is 210 g/mol. The van der Waals surface area contributed by atoms with Crippen LogP contribution >= 0.6 is 0 Å². The van der Waals surface area contributed by atoms with Gasteiger partial charge in [0.2, 0.25) is 0 Å². The van der Waals surface area contributed by atoms with E-state index in [0.29, 0.717) is 11.6 Å². The van der Waals surface area contributed by atoms with Gasteiger partial charge in [0.1, 0.15) is 5.76 Å². The van der Waals surface area contributed by atoms with Crippen molar-refractivity contribution in [3.8, 4) is 0 Å².